The molecule has 0 N–H and O–H groups in total. The summed E-state index contributed by atoms with van der Waals surface area (Å²) in [6.07, 6.45) is -2.91. The zero-order chi connectivity index (χ0) is 22.3. The van der Waals surface area contributed by atoms with Crippen molar-refractivity contribution in [2.75, 3.05) is 13.2 Å². The maximum atomic E-state index is 11.8. The van der Waals surface area contributed by atoms with Crippen LogP contribution in [0.2, 0.25) is 0 Å². The predicted octanol–water partition coefficient (Wildman–Crippen LogP) is 1.23. The van der Waals surface area contributed by atoms with Crippen LogP contribution in [0, 0.1) is 0 Å². The first-order valence-corrected chi connectivity index (χ1v) is 9.60. The van der Waals surface area contributed by atoms with Gasteiger partial charge < -0.3 is 18.9 Å². The molecule has 1 heterocycles. The van der Waals surface area contributed by atoms with Crippen molar-refractivity contribution in [2.45, 2.75) is 58.6 Å². The fourth-order valence-electron chi connectivity index (χ4n) is 3.50. The number of carbonyl (C=O) groups excluding carboxylic acids is 4. The maximum Gasteiger partial charge on any atom is 0.303 e. The summed E-state index contributed by atoms with van der Waals surface area (Å²) in [5.74, 6) is -2.27. The molecule has 0 radical (unpaired) electrons. The molecule has 30 heavy (non-hydrogen) atoms. The van der Waals surface area contributed by atoms with Gasteiger partial charge in [0.05, 0.1) is 6.04 Å². The molecule has 9 heteroatoms. The lowest BCUT2D eigenvalue weighted by Gasteiger charge is -2.46. The van der Waals surface area contributed by atoms with Crippen molar-refractivity contribution in [3.63, 3.8) is 0 Å². The number of benzene rings is 1. The van der Waals surface area contributed by atoms with Gasteiger partial charge in [0.2, 0.25) is 0 Å². The van der Waals surface area contributed by atoms with E-state index in [1.165, 1.54) is 27.7 Å². The van der Waals surface area contributed by atoms with Gasteiger partial charge >= 0.3 is 23.9 Å². The second kappa shape index (κ2) is 10.7. The van der Waals surface area contributed by atoms with Gasteiger partial charge in [-0.1, -0.05) is 30.3 Å². The number of hydrogen-bond donors (Lipinski definition) is 0. The van der Waals surface area contributed by atoms with E-state index in [2.05, 4.69) is 0 Å². The molecule has 1 aromatic carbocycles. The molecule has 0 amide bonds. The van der Waals surface area contributed by atoms with Gasteiger partial charge in [-0.05, 0) is 5.56 Å². The third kappa shape index (κ3) is 6.84. The molecule has 1 saturated heterocycles. The van der Waals surface area contributed by atoms with E-state index < -0.39 is 48.2 Å². The maximum absolute atomic E-state index is 11.8. The van der Waals surface area contributed by atoms with Gasteiger partial charge in [-0.25, -0.2) is 0 Å². The van der Waals surface area contributed by atoms with Crippen LogP contribution in [-0.4, -0.2) is 66.3 Å². The minimum atomic E-state index is -1.04. The fraction of sp³-hybridized carbons (Fsp3) is 0.524. The van der Waals surface area contributed by atoms with Crippen molar-refractivity contribution in [2.24, 2.45) is 0 Å². The molecule has 0 saturated carbocycles. The molecule has 4 unspecified atom stereocenters. The Morgan fingerprint density at radius 1 is 0.833 bits per heavy atom. The first kappa shape index (κ1) is 23.3. The molecule has 0 aliphatic carbocycles. The minimum Gasteiger partial charge on any atom is -0.464 e. The summed E-state index contributed by atoms with van der Waals surface area (Å²) in [5, 5.41) is 0. The Kier molecular flexibility index (Phi) is 8.35. The van der Waals surface area contributed by atoms with Crippen LogP contribution in [0.25, 0.3) is 0 Å². The Morgan fingerprint density at radius 3 is 1.93 bits per heavy atom. The van der Waals surface area contributed by atoms with Gasteiger partial charge in [0.25, 0.3) is 0 Å². The number of likely N-dealkylation sites (tertiary alicyclic amines) is 1. The lowest BCUT2D eigenvalue weighted by Crippen LogP contribution is -2.65. The molecule has 0 aromatic heterocycles. The van der Waals surface area contributed by atoms with Crippen LogP contribution in [0.15, 0.2) is 30.3 Å². The predicted molar refractivity (Wildman–Crippen MR) is 104 cm³/mol. The standard InChI is InChI=1S/C21H27NO8/c1-13(23)27-12-18-20(29-15(3)25)21(30-16(4)26)19(28-14(2)24)11-22(18)10-17-8-6-5-7-9-17/h5-9,18-21H,10-12H2,1-4H3. The summed E-state index contributed by atoms with van der Waals surface area (Å²) in [6, 6.07) is 8.88. The molecule has 1 fully saturated rings. The van der Waals surface area contributed by atoms with E-state index in [9.17, 15) is 19.2 Å². The van der Waals surface area contributed by atoms with Gasteiger partial charge in [0.15, 0.2) is 18.3 Å². The molecule has 0 bridgehead atoms. The summed E-state index contributed by atoms with van der Waals surface area (Å²) in [4.78, 5) is 48.6. The van der Waals surface area contributed by atoms with Crippen LogP contribution in [-0.2, 0) is 44.7 Å². The molecule has 0 spiro atoms. The van der Waals surface area contributed by atoms with Crippen LogP contribution in [0.1, 0.15) is 33.3 Å². The third-order valence-electron chi connectivity index (χ3n) is 4.56. The lowest BCUT2D eigenvalue weighted by molar-refractivity contribution is -0.208. The SMILES string of the molecule is CC(=O)OCC1C(OC(C)=O)C(OC(C)=O)C(OC(C)=O)CN1Cc1ccccc1. The van der Waals surface area contributed by atoms with Gasteiger partial charge in [0, 0.05) is 40.8 Å². The summed E-state index contributed by atoms with van der Waals surface area (Å²) in [7, 11) is 0. The molecule has 9 nitrogen and oxygen atoms in total. The van der Waals surface area contributed by atoms with Crippen molar-refractivity contribution in [3.8, 4) is 0 Å². The molecular weight excluding hydrogens is 394 g/mol. The van der Waals surface area contributed by atoms with Crippen molar-refractivity contribution in [1.29, 1.82) is 0 Å². The van der Waals surface area contributed by atoms with Crippen LogP contribution in [0.3, 0.4) is 0 Å². The Bertz CT molecular complexity index is 766. The average molecular weight is 421 g/mol. The van der Waals surface area contributed by atoms with E-state index in [-0.39, 0.29) is 13.2 Å². The summed E-state index contributed by atoms with van der Waals surface area (Å²) < 4.78 is 21.5. The Morgan fingerprint density at radius 2 is 1.40 bits per heavy atom. The van der Waals surface area contributed by atoms with E-state index in [0.717, 1.165) is 5.56 Å². The second-order valence-electron chi connectivity index (χ2n) is 7.08. The highest BCUT2D eigenvalue weighted by molar-refractivity contribution is 5.68. The van der Waals surface area contributed by atoms with Crippen molar-refractivity contribution in [1.82, 2.24) is 4.90 Å². The summed E-state index contributed by atoms with van der Waals surface area (Å²) in [6.45, 7) is 5.47. The highest BCUT2D eigenvalue weighted by atomic mass is 16.6. The van der Waals surface area contributed by atoms with Crippen LogP contribution in [0.5, 0.6) is 0 Å². The minimum absolute atomic E-state index is 0.0926. The number of esters is 4. The van der Waals surface area contributed by atoms with E-state index >= 15 is 0 Å². The van der Waals surface area contributed by atoms with E-state index in [1.807, 2.05) is 35.2 Å². The van der Waals surface area contributed by atoms with Gasteiger partial charge in [0.1, 0.15) is 6.61 Å². The van der Waals surface area contributed by atoms with E-state index in [0.29, 0.717) is 6.54 Å². The normalized spacial score (nSPS) is 23.9. The molecule has 2 rings (SSSR count). The van der Waals surface area contributed by atoms with Crippen LogP contribution < -0.4 is 0 Å². The Hall–Kier alpha value is -2.94. The lowest BCUT2D eigenvalue weighted by atomic mass is 9.92. The van der Waals surface area contributed by atoms with Crippen molar-refractivity contribution < 1.29 is 38.1 Å². The molecule has 1 aromatic rings. The fourth-order valence-corrected chi connectivity index (χ4v) is 3.50. The molecule has 4 atom stereocenters. The topological polar surface area (TPSA) is 108 Å². The second-order valence-corrected chi connectivity index (χ2v) is 7.08. The molecule has 1 aliphatic heterocycles. The first-order valence-electron chi connectivity index (χ1n) is 9.60. The number of carbonyl (C=O) groups is 4. The highest BCUT2D eigenvalue weighted by Gasteiger charge is 2.49. The Balaban J connectivity index is 2.43. The molecular formula is C21H27NO8. The first-order chi connectivity index (χ1) is 14.2. The summed E-state index contributed by atoms with van der Waals surface area (Å²) in [5.41, 5.74) is 0.958. The molecule has 1 aliphatic rings. The smallest absolute Gasteiger partial charge is 0.303 e. The zero-order valence-corrected chi connectivity index (χ0v) is 17.5. The number of ether oxygens (including phenoxy) is 4. The van der Waals surface area contributed by atoms with Gasteiger partial charge in [-0.15, -0.1) is 0 Å². The van der Waals surface area contributed by atoms with Crippen LogP contribution >= 0.6 is 0 Å². The van der Waals surface area contributed by atoms with Crippen molar-refractivity contribution in [3.05, 3.63) is 35.9 Å². The number of piperidine rings is 1. The van der Waals surface area contributed by atoms with Gasteiger partial charge in [-0.2, -0.15) is 0 Å². The number of nitrogens with zero attached hydrogens (tertiary/aromatic N) is 1. The van der Waals surface area contributed by atoms with E-state index in [4.69, 9.17) is 18.9 Å². The zero-order valence-electron chi connectivity index (χ0n) is 17.5. The summed E-state index contributed by atoms with van der Waals surface area (Å²) >= 11 is 0. The quantitative estimate of drug-likeness (QED) is 0.474. The monoisotopic (exact) mass is 421 g/mol. The van der Waals surface area contributed by atoms with Crippen molar-refractivity contribution >= 4 is 23.9 Å². The Labute approximate surface area is 175 Å². The van der Waals surface area contributed by atoms with Crippen LogP contribution in [0.4, 0.5) is 0 Å². The largest absolute Gasteiger partial charge is 0.464 e. The van der Waals surface area contributed by atoms with Gasteiger partial charge in [-0.3, -0.25) is 24.1 Å². The van der Waals surface area contributed by atoms with E-state index in [1.54, 1.807) is 0 Å². The molecule has 164 valence electrons. The highest BCUT2D eigenvalue weighted by Crippen LogP contribution is 2.28. The third-order valence-corrected chi connectivity index (χ3v) is 4.56. The number of rotatable bonds is 7. The number of hydrogen-bond acceptors (Lipinski definition) is 9. The average Bonchev–Trinajstić information content (AvgIpc) is 2.63.